The van der Waals surface area contributed by atoms with E-state index in [-0.39, 0.29) is 24.8 Å². The van der Waals surface area contributed by atoms with E-state index in [0.717, 1.165) is 48.8 Å². The summed E-state index contributed by atoms with van der Waals surface area (Å²) in [5.74, 6) is -0.265. The van der Waals surface area contributed by atoms with Crippen molar-refractivity contribution in [2.24, 2.45) is 5.73 Å². The number of thiocarbonyl (C=S) groups is 1. The molecule has 0 aromatic rings. The molecular formula is C21H28ClN3O4S3. The Labute approximate surface area is 208 Å². The van der Waals surface area contributed by atoms with Crippen LogP contribution in [0.1, 0.15) is 39.0 Å². The fourth-order valence-electron chi connectivity index (χ4n) is 3.12. The molecule has 3 amide bonds. The summed E-state index contributed by atoms with van der Waals surface area (Å²) in [5.41, 5.74) is 8.29. The highest BCUT2D eigenvalue weighted by atomic mass is 35.5. The van der Waals surface area contributed by atoms with E-state index >= 15 is 0 Å². The van der Waals surface area contributed by atoms with Gasteiger partial charge in [0.15, 0.2) is 0 Å². The largest absolute Gasteiger partial charge is 0.366 e. The molecule has 1 aliphatic carbocycles. The SMILES string of the molecule is C=CCOCl.C=CSC(=S)N(CCC(=O)NC1=C(C(N)=O)C2=C(CCCC2)CS1)C(C)=O. The van der Waals surface area contributed by atoms with Crippen LogP contribution < -0.4 is 11.1 Å². The Morgan fingerprint density at radius 3 is 2.56 bits per heavy atom. The van der Waals surface area contributed by atoms with Gasteiger partial charge >= 0.3 is 0 Å². The highest BCUT2D eigenvalue weighted by Crippen LogP contribution is 2.39. The molecule has 32 heavy (non-hydrogen) atoms. The highest BCUT2D eigenvalue weighted by molar-refractivity contribution is 8.24. The molecule has 2 aliphatic rings. The molecule has 0 spiro atoms. The summed E-state index contributed by atoms with van der Waals surface area (Å²) in [6.45, 7) is 8.90. The minimum atomic E-state index is -0.513. The lowest BCUT2D eigenvalue weighted by atomic mass is 9.87. The van der Waals surface area contributed by atoms with Crippen molar-refractivity contribution in [2.75, 3.05) is 18.9 Å². The molecular weight excluding hydrogens is 490 g/mol. The van der Waals surface area contributed by atoms with Crippen LogP contribution in [0.3, 0.4) is 0 Å². The molecule has 7 nitrogen and oxygen atoms in total. The monoisotopic (exact) mass is 517 g/mol. The average molecular weight is 518 g/mol. The first-order valence-electron chi connectivity index (χ1n) is 9.88. The summed E-state index contributed by atoms with van der Waals surface area (Å²) >= 11 is 12.5. The maximum atomic E-state index is 12.4. The fourth-order valence-corrected chi connectivity index (χ4v) is 5.31. The number of hydrogen-bond acceptors (Lipinski definition) is 7. The molecule has 1 aliphatic heterocycles. The molecule has 0 unspecified atom stereocenters. The lowest BCUT2D eigenvalue weighted by Crippen LogP contribution is -2.36. The van der Waals surface area contributed by atoms with Crippen LogP contribution in [0.15, 0.2) is 46.4 Å². The van der Waals surface area contributed by atoms with Crippen LogP contribution in [-0.4, -0.2) is 45.8 Å². The summed E-state index contributed by atoms with van der Waals surface area (Å²) in [5, 5.41) is 4.87. The van der Waals surface area contributed by atoms with E-state index in [2.05, 4.69) is 22.8 Å². The molecule has 0 saturated carbocycles. The van der Waals surface area contributed by atoms with Gasteiger partial charge in [0, 0.05) is 25.6 Å². The van der Waals surface area contributed by atoms with Gasteiger partial charge in [0.1, 0.15) is 4.32 Å². The highest BCUT2D eigenvalue weighted by Gasteiger charge is 2.28. The molecule has 2 rings (SSSR count). The van der Waals surface area contributed by atoms with Gasteiger partial charge in [0.05, 0.1) is 29.1 Å². The quantitative estimate of drug-likeness (QED) is 0.368. The van der Waals surface area contributed by atoms with Gasteiger partial charge in [-0.15, -0.1) is 18.3 Å². The molecule has 0 atom stereocenters. The zero-order valence-corrected chi connectivity index (χ0v) is 21.2. The van der Waals surface area contributed by atoms with Crippen LogP contribution in [-0.2, 0) is 18.7 Å². The molecule has 0 saturated heterocycles. The molecule has 0 aromatic heterocycles. The molecule has 0 fully saturated rings. The van der Waals surface area contributed by atoms with Crippen LogP contribution >= 0.6 is 47.6 Å². The number of thioether (sulfide) groups is 2. The third kappa shape index (κ3) is 9.11. The van der Waals surface area contributed by atoms with E-state index in [0.29, 0.717) is 21.5 Å². The maximum absolute atomic E-state index is 12.4. The molecule has 0 bridgehead atoms. The first-order valence-corrected chi connectivity index (χ1v) is 12.5. The van der Waals surface area contributed by atoms with E-state index < -0.39 is 5.91 Å². The van der Waals surface area contributed by atoms with E-state index in [4.69, 9.17) is 29.8 Å². The van der Waals surface area contributed by atoms with Gasteiger partial charge in [-0.1, -0.05) is 42.2 Å². The number of nitrogens with one attached hydrogen (secondary N) is 1. The second-order valence-corrected chi connectivity index (χ2v) is 9.53. The van der Waals surface area contributed by atoms with E-state index in [1.165, 1.54) is 34.6 Å². The van der Waals surface area contributed by atoms with Gasteiger partial charge in [0.2, 0.25) is 11.8 Å². The van der Waals surface area contributed by atoms with E-state index in [9.17, 15) is 14.4 Å². The van der Waals surface area contributed by atoms with Crippen molar-refractivity contribution >= 4 is 69.6 Å². The number of nitrogens with two attached hydrogens (primary N) is 1. The molecule has 0 aromatic carbocycles. The minimum absolute atomic E-state index is 0.0689. The maximum Gasteiger partial charge on any atom is 0.251 e. The molecule has 176 valence electrons. The Bertz CT molecular complexity index is 827. The van der Waals surface area contributed by atoms with Crippen molar-refractivity contribution in [3.05, 3.63) is 46.4 Å². The smallest absolute Gasteiger partial charge is 0.251 e. The van der Waals surface area contributed by atoms with Gasteiger partial charge in [-0.05, 0) is 36.7 Å². The van der Waals surface area contributed by atoms with Gasteiger partial charge in [-0.25, -0.2) is 0 Å². The van der Waals surface area contributed by atoms with E-state index in [1.54, 1.807) is 6.08 Å². The van der Waals surface area contributed by atoms with Crippen LogP contribution in [0.4, 0.5) is 0 Å². The third-order valence-electron chi connectivity index (χ3n) is 4.53. The number of amides is 3. The second kappa shape index (κ2) is 15.3. The topological polar surface area (TPSA) is 102 Å². The predicted octanol–water partition coefficient (Wildman–Crippen LogP) is 4.16. The standard InChI is InChI=1S/C18H23N3O3S3.C3H5ClO/c1-3-26-18(25)21(11(2)22)9-8-14(23)20-17-15(16(19)24)13-7-5-4-6-12(13)10-27-17;1-2-3-5-4/h3H,1,4-10H2,2H3,(H2,19,24)(H,20,23);2H,1,3H2. The van der Waals surface area contributed by atoms with Crippen LogP contribution in [0, 0.1) is 0 Å². The zero-order valence-electron chi connectivity index (χ0n) is 18.0. The van der Waals surface area contributed by atoms with Crippen LogP contribution in [0.5, 0.6) is 0 Å². The first-order chi connectivity index (χ1) is 15.3. The van der Waals surface area contributed by atoms with Crippen LogP contribution in [0.2, 0.25) is 0 Å². The van der Waals surface area contributed by atoms with Crippen molar-refractivity contribution in [1.29, 1.82) is 0 Å². The number of primary amides is 1. The summed E-state index contributed by atoms with van der Waals surface area (Å²) in [7, 11) is 0. The Morgan fingerprint density at radius 1 is 1.34 bits per heavy atom. The number of hydrogen-bond donors (Lipinski definition) is 2. The number of nitrogens with zero attached hydrogens (tertiary/aromatic N) is 1. The van der Waals surface area contributed by atoms with Crippen molar-refractivity contribution in [3.63, 3.8) is 0 Å². The summed E-state index contributed by atoms with van der Waals surface area (Å²) in [4.78, 5) is 37.5. The normalized spacial score (nSPS) is 15.1. The second-order valence-electron chi connectivity index (χ2n) is 6.73. The Hall–Kier alpha value is -1.59. The Morgan fingerprint density at radius 2 is 2.03 bits per heavy atom. The lowest BCUT2D eigenvalue weighted by molar-refractivity contribution is -0.125. The van der Waals surface area contributed by atoms with E-state index in [1.807, 2.05) is 0 Å². The average Bonchev–Trinajstić information content (AvgIpc) is 2.74. The Balaban J connectivity index is 0.000000920. The van der Waals surface area contributed by atoms with Crippen molar-refractivity contribution < 1.29 is 18.7 Å². The Kier molecular flexibility index (Phi) is 13.6. The molecule has 1 heterocycles. The van der Waals surface area contributed by atoms with Crippen molar-refractivity contribution in [1.82, 2.24) is 10.2 Å². The predicted molar refractivity (Wildman–Crippen MR) is 137 cm³/mol. The zero-order chi connectivity index (χ0) is 24.1. The molecule has 3 N–H and O–H groups in total. The van der Waals surface area contributed by atoms with Crippen molar-refractivity contribution in [3.8, 4) is 0 Å². The molecule has 11 heteroatoms. The summed E-state index contributed by atoms with van der Waals surface area (Å²) < 4.78 is 4.40. The number of carbonyl (C=O) groups is 3. The molecule has 0 radical (unpaired) electrons. The summed E-state index contributed by atoms with van der Waals surface area (Å²) in [6.07, 6.45) is 5.58. The summed E-state index contributed by atoms with van der Waals surface area (Å²) in [6, 6.07) is 0. The van der Waals surface area contributed by atoms with Crippen LogP contribution in [0.25, 0.3) is 0 Å². The lowest BCUT2D eigenvalue weighted by Gasteiger charge is -2.28. The third-order valence-corrected chi connectivity index (χ3v) is 6.84. The fraction of sp³-hybridized carbons (Fsp3) is 0.429. The number of rotatable bonds is 8. The van der Waals surface area contributed by atoms with Crippen molar-refractivity contribution in [2.45, 2.75) is 39.0 Å². The van der Waals surface area contributed by atoms with Gasteiger partial charge in [-0.2, -0.15) is 0 Å². The van der Waals surface area contributed by atoms with Gasteiger partial charge in [-0.3, -0.25) is 23.6 Å². The number of carbonyl (C=O) groups excluding carboxylic acids is 3. The minimum Gasteiger partial charge on any atom is -0.366 e. The first kappa shape index (κ1) is 28.4. The number of halogens is 1. The van der Waals surface area contributed by atoms with Gasteiger partial charge in [0.25, 0.3) is 5.91 Å². The van der Waals surface area contributed by atoms with Gasteiger partial charge < -0.3 is 11.1 Å².